The van der Waals surface area contributed by atoms with Gasteiger partial charge in [-0.3, -0.25) is 11.3 Å². The molecule has 1 heterocycles. The number of ether oxygens (including phenoxy) is 1. The third-order valence-electron chi connectivity index (χ3n) is 3.60. The van der Waals surface area contributed by atoms with E-state index in [9.17, 15) is 0 Å². The van der Waals surface area contributed by atoms with Crippen molar-refractivity contribution in [2.24, 2.45) is 17.2 Å². The first-order chi connectivity index (χ1) is 7.48. The maximum Gasteiger partial charge on any atom is 0.0616 e. The van der Waals surface area contributed by atoms with Crippen molar-refractivity contribution in [2.75, 3.05) is 6.61 Å². The van der Waals surface area contributed by atoms with Crippen LogP contribution in [-0.2, 0) is 4.74 Å². The van der Waals surface area contributed by atoms with E-state index in [1.807, 2.05) is 0 Å². The van der Waals surface area contributed by atoms with Crippen LogP contribution in [0, 0.1) is 11.3 Å². The lowest BCUT2D eigenvalue weighted by Crippen LogP contribution is -2.44. The molecule has 3 N–H and O–H groups in total. The van der Waals surface area contributed by atoms with Crippen molar-refractivity contribution in [3.8, 4) is 0 Å². The molecule has 0 spiro atoms. The van der Waals surface area contributed by atoms with Crippen LogP contribution in [0.5, 0.6) is 0 Å². The molecule has 16 heavy (non-hydrogen) atoms. The molecule has 0 saturated carbocycles. The van der Waals surface area contributed by atoms with Crippen molar-refractivity contribution in [1.82, 2.24) is 5.43 Å². The fourth-order valence-electron chi connectivity index (χ4n) is 2.56. The summed E-state index contributed by atoms with van der Waals surface area (Å²) in [6.45, 7) is 9.94. The van der Waals surface area contributed by atoms with E-state index >= 15 is 0 Å². The zero-order chi connectivity index (χ0) is 12.2. The molecule has 0 aromatic heterocycles. The van der Waals surface area contributed by atoms with Crippen LogP contribution < -0.4 is 11.3 Å². The Hall–Kier alpha value is -0.120. The van der Waals surface area contributed by atoms with E-state index in [1.165, 1.54) is 6.42 Å². The molecule has 3 atom stereocenters. The summed E-state index contributed by atoms with van der Waals surface area (Å²) in [5.74, 6) is 6.29. The quantitative estimate of drug-likeness (QED) is 0.561. The third-order valence-corrected chi connectivity index (χ3v) is 3.60. The van der Waals surface area contributed by atoms with Gasteiger partial charge in [0.05, 0.1) is 6.10 Å². The maximum absolute atomic E-state index is 5.73. The minimum absolute atomic E-state index is 0.385. The first kappa shape index (κ1) is 13.9. The van der Waals surface area contributed by atoms with Crippen LogP contribution in [0.4, 0.5) is 0 Å². The Kier molecular flexibility index (Phi) is 5.22. The van der Waals surface area contributed by atoms with Gasteiger partial charge in [-0.2, -0.15) is 0 Å². The van der Waals surface area contributed by atoms with Crippen molar-refractivity contribution < 1.29 is 4.74 Å². The molecule has 0 bridgehead atoms. The van der Waals surface area contributed by atoms with Crippen LogP contribution in [0.2, 0.25) is 0 Å². The van der Waals surface area contributed by atoms with Gasteiger partial charge in [-0.05, 0) is 31.1 Å². The van der Waals surface area contributed by atoms with E-state index in [-0.39, 0.29) is 0 Å². The average molecular weight is 228 g/mol. The molecule has 1 saturated heterocycles. The molecule has 1 aliphatic heterocycles. The van der Waals surface area contributed by atoms with Crippen molar-refractivity contribution in [3.05, 3.63) is 0 Å². The molecular formula is C13H28N2O. The van der Waals surface area contributed by atoms with Crippen molar-refractivity contribution >= 4 is 0 Å². The number of rotatable bonds is 5. The molecule has 0 amide bonds. The second-order valence-electron chi connectivity index (χ2n) is 6.14. The zero-order valence-electron chi connectivity index (χ0n) is 11.3. The number of hydrogen-bond donors (Lipinski definition) is 2. The van der Waals surface area contributed by atoms with Gasteiger partial charge in [-0.25, -0.2) is 0 Å². The largest absolute Gasteiger partial charge is 0.378 e. The Morgan fingerprint density at radius 3 is 2.62 bits per heavy atom. The Balaban J connectivity index is 2.47. The first-order valence-electron chi connectivity index (χ1n) is 6.55. The summed E-state index contributed by atoms with van der Waals surface area (Å²) in [4.78, 5) is 0. The second-order valence-corrected chi connectivity index (χ2v) is 6.14. The summed E-state index contributed by atoms with van der Waals surface area (Å²) in [6.07, 6.45) is 5.00. The lowest BCUT2D eigenvalue weighted by molar-refractivity contribution is 0.0749. The van der Waals surface area contributed by atoms with Crippen molar-refractivity contribution in [2.45, 2.75) is 65.5 Å². The highest BCUT2D eigenvalue weighted by Crippen LogP contribution is 2.30. The predicted molar refractivity (Wildman–Crippen MR) is 67.9 cm³/mol. The molecule has 0 aromatic rings. The van der Waals surface area contributed by atoms with Gasteiger partial charge in [0.1, 0.15) is 0 Å². The minimum Gasteiger partial charge on any atom is -0.378 e. The molecule has 1 fully saturated rings. The average Bonchev–Trinajstić information content (AvgIpc) is 2.65. The maximum atomic E-state index is 5.73. The summed E-state index contributed by atoms with van der Waals surface area (Å²) in [5, 5.41) is 0. The van der Waals surface area contributed by atoms with E-state index in [1.54, 1.807) is 0 Å². The summed E-state index contributed by atoms with van der Waals surface area (Å²) in [5.41, 5.74) is 3.39. The van der Waals surface area contributed by atoms with E-state index in [0.717, 1.165) is 25.9 Å². The molecule has 1 rings (SSSR count). The fourth-order valence-corrected chi connectivity index (χ4v) is 2.56. The Morgan fingerprint density at radius 2 is 2.12 bits per heavy atom. The number of hydrazine groups is 1. The smallest absolute Gasteiger partial charge is 0.0616 e. The van der Waals surface area contributed by atoms with Gasteiger partial charge < -0.3 is 4.74 Å². The van der Waals surface area contributed by atoms with Gasteiger partial charge in [-0.15, -0.1) is 0 Å². The van der Waals surface area contributed by atoms with Crippen molar-refractivity contribution in [1.29, 1.82) is 0 Å². The standard InChI is InChI=1S/C13H28N2O/c1-5-12-10(7-9-16-12)11(15-14)6-8-13(2,3)4/h10-12,15H,5-9,14H2,1-4H3. The molecular weight excluding hydrogens is 200 g/mol. The van der Waals surface area contributed by atoms with Crippen LogP contribution in [0.3, 0.4) is 0 Å². The Labute approximate surface area is 100 Å². The molecule has 1 aliphatic rings. The van der Waals surface area contributed by atoms with Gasteiger partial charge in [0, 0.05) is 18.6 Å². The molecule has 0 aliphatic carbocycles. The highest BCUT2D eigenvalue weighted by Gasteiger charge is 2.33. The molecule has 0 aromatic carbocycles. The molecule has 3 unspecified atom stereocenters. The van der Waals surface area contributed by atoms with Crippen LogP contribution in [0.1, 0.15) is 53.4 Å². The summed E-state index contributed by atoms with van der Waals surface area (Å²) < 4.78 is 5.73. The SMILES string of the molecule is CCC1OCCC1C(CCC(C)(C)C)NN. The summed E-state index contributed by atoms with van der Waals surface area (Å²) in [6, 6.07) is 0.409. The Bertz CT molecular complexity index is 201. The fraction of sp³-hybridized carbons (Fsp3) is 1.00. The molecule has 0 radical (unpaired) electrons. The van der Waals surface area contributed by atoms with Crippen molar-refractivity contribution in [3.63, 3.8) is 0 Å². The van der Waals surface area contributed by atoms with E-state index < -0.39 is 0 Å². The predicted octanol–water partition coefficient (Wildman–Crippen LogP) is 2.46. The van der Waals surface area contributed by atoms with E-state index in [2.05, 4.69) is 33.1 Å². The molecule has 96 valence electrons. The normalized spacial score (nSPS) is 28.3. The van der Waals surface area contributed by atoms with Gasteiger partial charge in [-0.1, -0.05) is 27.7 Å². The summed E-state index contributed by atoms with van der Waals surface area (Å²) >= 11 is 0. The van der Waals surface area contributed by atoms with Crippen LogP contribution >= 0.6 is 0 Å². The van der Waals surface area contributed by atoms with Crippen LogP contribution in [0.25, 0.3) is 0 Å². The lowest BCUT2D eigenvalue weighted by Gasteiger charge is -2.29. The van der Waals surface area contributed by atoms with E-state index in [4.69, 9.17) is 10.6 Å². The lowest BCUT2D eigenvalue weighted by atomic mass is 9.83. The van der Waals surface area contributed by atoms with Crippen LogP contribution in [-0.4, -0.2) is 18.8 Å². The Morgan fingerprint density at radius 1 is 1.44 bits per heavy atom. The molecule has 3 heteroatoms. The van der Waals surface area contributed by atoms with Crippen LogP contribution in [0.15, 0.2) is 0 Å². The highest BCUT2D eigenvalue weighted by atomic mass is 16.5. The topological polar surface area (TPSA) is 47.3 Å². The van der Waals surface area contributed by atoms with E-state index in [0.29, 0.717) is 23.5 Å². The highest BCUT2D eigenvalue weighted by molar-refractivity contribution is 4.85. The first-order valence-corrected chi connectivity index (χ1v) is 6.55. The number of nitrogens with one attached hydrogen (secondary N) is 1. The molecule has 3 nitrogen and oxygen atoms in total. The minimum atomic E-state index is 0.385. The third kappa shape index (κ3) is 4.04. The number of nitrogens with two attached hydrogens (primary N) is 1. The van der Waals surface area contributed by atoms with Gasteiger partial charge >= 0.3 is 0 Å². The number of hydrogen-bond acceptors (Lipinski definition) is 3. The monoisotopic (exact) mass is 228 g/mol. The van der Waals surface area contributed by atoms with Gasteiger partial charge in [0.25, 0.3) is 0 Å². The zero-order valence-corrected chi connectivity index (χ0v) is 11.3. The van der Waals surface area contributed by atoms with Gasteiger partial charge in [0.2, 0.25) is 0 Å². The summed E-state index contributed by atoms with van der Waals surface area (Å²) in [7, 11) is 0. The van der Waals surface area contributed by atoms with Gasteiger partial charge in [0.15, 0.2) is 0 Å². The second kappa shape index (κ2) is 5.99.